The lowest BCUT2D eigenvalue weighted by molar-refractivity contribution is -0.137. The molecule has 0 bridgehead atoms. The van der Waals surface area contributed by atoms with Crippen molar-refractivity contribution in [2.75, 3.05) is 11.9 Å². The summed E-state index contributed by atoms with van der Waals surface area (Å²) in [5.74, 6) is 0.307. The second kappa shape index (κ2) is 8.26. The van der Waals surface area contributed by atoms with Gasteiger partial charge in [-0.3, -0.25) is 9.59 Å². The summed E-state index contributed by atoms with van der Waals surface area (Å²) in [6.45, 7) is 2.31. The second-order valence-corrected chi connectivity index (χ2v) is 7.26. The number of hydrogen-bond acceptors (Lipinski definition) is 4. The normalized spacial score (nSPS) is 13.3. The first-order valence-corrected chi connectivity index (χ1v) is 9.87. The summed E-state index contributed by atoms with van der Waals surface area (Å²) in [5.41, 5.74) is -0.0123. The highest BCUT2D eigenvalue weighted by Crippen LogP contribution is 2.36. The van der Waals surface area contributed by atoms with E-state index in [-0.39, 0.29) is 18.3 Å². The van der Waals surface area contributed by atoms with Crippen molar-refractivity contribution >= 4 is 29.4 Å². The molecule has 6 nitrogen and oxygen atoms in total. The third-order valence-electron chi connectivity index (χ3n) is 4.19. The fourth-order valence-electron chi connectivity index (χ4n) is 2.88. The van der Waals surface area contributed by atoms with Crippen molar-refractivity contribution < 1.29 is 22.8 Å². The number of hydrogen-bond donors (Lipinski definition) is 2. The van der Waals surface area contributed by atoms with E-state index in [1.54, 1.807) is 11.8 Å². The highest BCUT2D eigenvalue weighted by molar-refractivity contribution is 7.98. The molecule has 1 aromatic carbocycles. The van der Waals surface area contributed by atoms with Gasteiger partial charge in [-0.25, -0.2) is 4.68 Å². The van der Waals surface area contributed by atoms with Gasteiger partial charge in [0.25, 0.3) is 5.91 Å². The number of nitrogens with one attached hydrogen (secondary N) is 2. The van der Waals surface area contributed by atoms with Gasteiger partial charge in [0, 0.05) is 23.6 Å². The number of amides is 2. The fourth-order valence-corrected chi connectivity index (χ4v) is 3.91. The summed E-state index contributed by atoms with van der Waals surface area (Å²) in [6, 6.07) is 4.60. The first-order chi connectivity index (χ1) is 13.3. The predicted molar refractivity (Wildman–Crippen MR) is 99.9 cm³/mol. The number of rotatable bonds is 6. The largest absolute Gasteiger partial charge is 0.417 e. The van der Waals surface area contributed by atoms with E-state index in [1.165, 1.54) is 16.8 Å². The molecule has 0 atom stereocenters. The van der Waals surface area contributed by atoms with Gasteiger partial charge in [0.1, 0.15) is 12.4 Å². The molecule has 3 rings (SSSR count). The number of carbonyl (C=O) groups excluding carboxylic acids is 2. The number of alkyl halides is 3. The minimum absolute atomic E-state index is 0.117. The molecule has 0 unspecified atom stereocenters. The number of aromatic nitrogens is 2. The molecule has 28 heavy (non-hydrogen) atoms. The summed E-state index contributed by atoms with van der Waals surface area (Å²) in [5, 5.41) is 9.62. The van der Waals surface area contributed by atoms with E-state index in [1.807, 2.05) is 6.92 Å². The van der Waals surface area contributed by atoms with E-state index >= 15 is 0 Å². The lowest BCUT2D eigenvalue weighted by Gasteiger charge is -2.14. The molecule has 2 aromatic rings. The topological polar surface area (TPSA) is 76.0 Å². The van der Waals surface area contributed by atoms with Crippen LogP contribution in [0.15, 0.2) is 24.3 Å². The van der Waals surface area contributed by atoms with Crippen molar-refractivity contribution in [3.63, 3.8) is 0 Å². The third-order valence-corrected chi connectivity index (χ3v) is 5.16. The molecule has 0 aliphatic carbocycles. The summed E-state index contributed by atoms with van der Waals surface area (Å²) >= 11 is 1.59. The van der Waals surface area contributed by atoms with Gasteiger partial charge in [0.15, 0.2) is 0 Å². The molecule has 1 aliphatic rings. The van der Waals surface area contributed by atoms with Crippen LogP contribution in [0.5, 0.6) is 0 Å². The van der Waals surface area contributed by atoms with Crippen molar-refractivity contribution in [2.45, 2.75) is 37.6 Å². The van der Waals surface area contributed by atoms with E-state index in [0.29, 0.717) is 18.1 Å². The van der Waals surface area contributed by atoms with Gasteiger partial charge in [-0.2, -0.15) is 30.0 Å². The van der Waals surface area contributed by atoms with Gasteiger partial charge in [-0.1, -0.05) is 19.1 Å². The van der Waals surface area contributed by atoms with Gasteiger partial charge >= 0.3 is 6.18 Å². The Labute approximate surface area is 163 Å². The van der Waals surface area contributed by atoms with Gasteiger partial charge in [-0.15, -0.1) is 0 Å². The zero-order valence-corrected chi connectivity index (χ0v) is 15.9. The molecule has 2 heterocycles. The average Bonchev–Trinajstić information content (AvgIpc) is 3.22. The molecule has 2 N–H and O–H groups in total. The summed E-state index contributed by atoms with van der Waals surface area (Å²) in [7, 11) is 0. The van der Waals surface area contributed by atoms with Crippen molar-refractivity contribution in [3.05, 3.63) is 46.6 Å². The van der Waals surface area contributed by atoms with E-state index < -0.39 is 23.2 Å². The maximum atomic E-state index is 13.2. The molecule has 10 heteroatoms. The smallest absolute Gasteiger partial charge is 0.355 e. The van der Waals surface area contributed by atoms with Crippen LogP contribution in [0.1, 0.15) is 40.5 Å². The molecule has 0 spiro atoms. The summed E-state index contributed by atoms with van der Waals surface area (Å²) < 4.78 is 41.0. The van der Waals surface area contributed by atoms with Crippen LogP contribution in [0.4, 0.5) is 19.0 Å². The van der Waals surface area contributed by atoms with E-state index in [4.69, 9.17) is 0 Å². The average molecular weight is 412 g/mol. The van der Waals surface area contributed by atoms with Crippen LogP contribution in [0.2, 0.25) is 0 Å². The van der Waals surface area contributed by atoms with Gasteiger partial charge in [0.2, 0.25) is 5.91 Å². The quantitative estimate of drug-likeness (QED) is 0.762. The molecule has 1 aromatic heterocycles. The predicted octanol–water partition coefficient (Wildman–Crippen LogP) is 3.43. The lowest BCUT2D eigenvalue weighted by atomic mass is 10.1. The van der Waals surface area contributed by atoms with Crippen molar-refractivity contribution in [1.82, 2.24) is 15.1 Å². The van der Waals surface area contributed by atoms with Crippen LogP contribution in [-0.4, -0.2) is 28.1 Å². The number of anilines is 1. The van der Waals surface area contributed by atoms with Gasteiger partial charge in [0.05, 0.1) is 16.8 Å². The Kier molecular flexibility index (Phi) is 5.97. The number of thioether (sulfide) groups is 1. The molecular weight excluding hydrogens is 393 g/mol. The molecule has 0 radical (unpaired) electrons. The number of nitrogens with zero attached hydrogens (tertiary/aromatic N) is 2. The molecule has 150 valence electrons. The Hall–Kier alpha value is -2.49. The number of carbonyl (C=O) groups is 2. The van der Waals surface area contributed by atoms with Crippen LogP contribution < -0.4 is 10.6 Å². The Morgan fingerprint density at radius 3 is 2.71 bits per heavy atom. The number of benzene rings is 1. The number of fused-ring (bicyclic) bond motifs is 1. The Balaban J connectivity index is 1.88. The molecule has 2 amide bonds. The van der Waals surface area contributed by atoms with Crippen LogP contribution in [0, 0.1) is 0 Å². The minimum Gasteiger partial charge on any atom is -0.355 e. The molecule has 0 saturated heterocycles. The van der Waals surface area contributed by atoms with Crippen molar-refractivity contribution in [2.24, 2.45) is 0 Å². The van der Waals surface area contributed by atoms with E-state index in [9.17, 15) is 22.8 Å². The molecule has 1 aliphatic heterocycles. The zero-order chi connectivity index (χ0) is 20.3. The molecule has 0 saturated carbocycles. The monoisotopic (exact) mass is 412 g/mol. The first-order valence-electron chi connectivity index (χ1n) is 8.71. The van der Waals surface area contributed by atoms with Gasteiger partial charge in [-0.05, 0) is 18.6 Å². The number of halogens is 3. The van der Waals surface area contributed by atoms with E-state index in [0.717, 1.165) is 29.8 Å². The fraction of sp³-hybridized carbons (Fsp3) is 0.389. The Morgan fingerprint density at radius 1 is 1.25 bits per heavy atom. The second-order valence-electron chi connectivity index (χ2n) is 6.27. The summed E-state index contributed by atoms with van der Waals surface area (Å²) in [4.78, 5) is 24.7. The molecular formula is C18H19F3N4O2S. The maximum Gasteiger partial charge on any atom is 0.417 e. The highest BCUT2D eigenvalue weighted by atomic mass is 32.2. The third kappa shape index (κ3) is 4.32. The lowest BCUT2D eigenvalue weighted by Crippen LogP contribution is -2.29. The SMILES string of the molecule is CCCNC(=O)Cn1nc2c(c1NC(=O)c1ccccc1C(F)(F)F)CSC2. The van der Waals surface area contributed by atoms with E-state index in [2.05, 4.69) is 15.7 Å². The van der Waals surface area contributed by atoms with Gasteiger partial charge < -0.3 is 10.6 Å². The Morgan fingerprint density at radius 2 is 2.00 bits per heavy atom. The van der Waals surface area contributed by atoms with Crippen LogP contribution in [-0.2, 0) is 29.0 Å². The standard InChI is InChI=1S/C18H19F3N4O2S/c1-2-7-22-15(26)8-25-16(12-9-28-10-14(12)24-25)23-17(27)11-5-3-4-6-13(11)18(19,20)21/h3-6H,2,7-10H2,1H3,(H,22,26)(H,23,27). The van der Waals surface area contributed by atoms with Crippen molar-refractivity contribution in [1.29, 1.82) is 0 Å². The minimum atomic E-state index is -4.65. The first kappa shape index (κ1) is 20.2. The highest BCUT2D eigenvalue weighted by Gasteiger charge is 2.35. The summed E-state index contributed by atoms with van der Waals surface area (Å²) in [6.07, 6.45) is -3.87. The Bertz CT molecular complexity index is 895. The van der Waals surface area contributed by atoms with Crippen molar-refractivity contribution in [3.8, 4) is 0 Å². The van der Waals surface area contributed by atoms with Crippen LogP contribution in [0.25, 0.3) is 0 Å². The van der Waals surface area contributed by atoms with Crippen LogP contribution >= 0.6 is 11.8 Å². The molecule has 0 fully saturated rings. The van der Waals surface area contributed by atoms with Crippen LogP contribution in [0.3, 0.4) is 0 Å². The zero-order valence-electron chi connectivity index (χ0n) is 15.1. The maximum absolute atomic E-state index is 13.2.